The molecule has 0 unspecified atom stereocenters. The van der Waals surface area contributed by atoms with Crippen LogP contribution in [0.25, 0.3) is 11.1 Å². The van der Waals surface area contributed by atoms with Crippen molar-refractivity contribution in [2.24, 2.45) is 5.73 Å². The summed E-state index contributed by atoms with van der Waals surface area (Å²) in [5.41, 5.74) is 4.62. The van der Waals surface area contributed by atoms with Gasteiger partial charge >= 0.3 is 0 Å². The van der Waals surface area contributed by atoms with Crippen LogP contribution in [0.5, 0.6) is 0 Å². The molecule has 2 rings (SSSR count). The van der Waals surface area contributed by atoms with Crippen molar-refractivity contribution in [1.82, 2.24) is 0 Å². The van der Waals surface area contributed by atoms with E-state index in [1.165, 1.54) is 24.3 Å². The number of carbonyl (C=O) groups is 1. The number of amides is 1. The molecule has 5 heteroatoms. The van der Waals surface area contributed by atoms with Crippen molar-refractivity contribution in [2.75, 3.05) is 0 Å². The predicted octanol–water partition coefficient (Wildman–Crippen LogP) is 2.87. The highest BCUT2D eigenvalue weighted by atomic mass is 19.2. The van der Waals surface area contributed by atoms with Gasteiger partial charge in [-0.3, -0.25) is 4.79 Å². The Labute approximate surface area is 101 Å². The van der Waals surface area contributed by atoms with Gasteiger partial charge in [-0.25, -0.2) is 13.2 Å². The first kappa shape index (κ1) is 12.2. The lowest BCUT2D eigenvalue weighted by atomic mass is 10.0. The number of rotatable bonds is 2. The fourth-order valence-electron chi connectivity index (χ4n) is 1.60. The quantitative estimate of drug-likeness (QED) is 0.876. The van der Waals surface area contributed by atoms with Gasteiger partial charge in [0.15, 0.2) is 11.6 Å². The van der Waals surface area contributed by atoms with Gasteiger partial charge in [-0.05, 0) is 18.2 Å². The van der Waals surface area contributed by atoms with Crippen LogP contribution in [0.1, 0.15) is 10.4 Å². The first-order chi connectivity index (χ1) is 8.50. The van der Waals surface area contributed by atoms with E-state index in [1.54, 1.807) is 0 Å². The third-order valence-electron chi connectivity index (χ3n) is 2.50. The lowest BCUT2D eigenvalue weighted by Crippen LogP contribution is -2.11. The summed E-state index contributed by atoms with van der Waals surface area (Å²) < 4.78 is 40.2. The van der Waals surface area contributed by atoms with Crippen molar-refractivity contribution in [3.05, 3.63) is 59.4 Å². The molecule has 2 aromatic carbocycles. The van der Waals surface area contributed by atoms with Gasteiger partial charge in [-0.1, -0.05) is 18.2 Å². The van der Waals surface area contributed by atoms with Crippen molar-refractivity contribution >= 4 is 5.91 Å². The zero-order valence-corrected chi connectivity index (χ0v) is 9.08. The van der Waals surface area contributed by atoms with Crippen LogP contribution in [-0.4, -0.2) is 5.91 Å². The van der Waals surface area contributed by atoms with Gasteiger partial charge in [0.05, 0.1) is 0 Å². The second-order valence-corrected chi connectivity index (χ2v) is 3.66. The van der Waals surface area contributed by atoms with Crippen molar-refractivity contribution in [3.63, 3.8) is 0 Å². The summed E-state index contributed by atoms with van der Waals surface area (Å²) in [7, 11) is 0. The van der Waals surface area contributed by atoms with Gasteiger partial charge in [-0.2, -0.15) is 0 Å². The van der Waals surface area contributed by atoms with E-state index >= 15 is 0 Å². The highest BCUT2D eigenvalue weighted by molar-refractivity contribution is 5.93. The maximum atomic E-state index is 13.7. The maximum Gasteiger partial charge on any atom is 0.248 e. The van der Waals surface area contributed by atoms with Crippen LogP contribution in [0.4, 0.5) is 13.2 Å². The van der Waals surface area contributed by atoms with Crippen LogP contribution in [0.3, 0.4) is 0 Å². The molecule has 0 fully saturated rings. The fourth-order valence-corrected chi connectivity index (χ4v) is 1.60. The molecule has 0 saturated carbocycles. The second-order valence-electron chi connectivity index (χ2n) is 3.66. The van der Waals surface area contributed by atoms with Gasteiger partial charge in [-0.15, -0.1) is 0 Å². The summed E-state index contributed by atoms with van der Waals surface area (Å²) in [5, 5.41) is 0. The Balaban J connectivity index is 2.58. The molecule has 2 aromatic rings. The summed E-state index contributed by atoms with van der Waals surface area (Å²) in [6, 6.07) is 6.80. The Hall–Kier alpha value is -2.30. The molecule has 0 spiro atoms. The lowest BCUT2D eigenvalue weighted by molar-refractivity contribution is 0.1000. The van der Waals surface area contributed by atoms with E-state index < -0.39 is 23.4 Å². The van der Waals surface area contributed by atoms with E-state index in [2.05, 4.69) is 0 Å². The molecular weight excluding hydrogens is 243 g/mol. The van der Waals surface area contributed by atoms with Gasteiger partial charge in [0.25, 0.3) is 0 Å². The zero-order chi connectivity index (χ0) is 13.3. The second kappa shape index (κ2) is 4.52. The third kappa shape index (κ3) is 2.07. The highest BCUT2D eigenvalue weighted by Crippen LogP contribution is 2.27. The number of hydrogen-bond donors (Lipinski definition) is 1. The van der Waals surface area contributed by atoms with E-state index in [0.29, 0.717) is 0 Å². The van der Waals surface area contributed by atoms with E-state index in [0.717, 1.165) is 12.1 Å². The van der Waals surface area contributed by atoms with Crippen LogP contribution in [-0.2, 0) is 0 Å². The number of nitrogens with two attached hydrogens (primary N) is 1. The summed E-state index contributed by atoms with van der Waals surface area (Å²) in [6.45, 7) is 0. The van der Waals surface area contributed by atoms with Crippen molar-refractivity contribution in [1.29, 1.82) is 0 Å². The third-order valence-corrected chi connectivity index (χ3v) is 2.50. The normalized spacial score (nSPS) is 10.4. The summed E-state index contributed by atoms with van der Waals surface area (Å²) in [4.78, 5) is 10.8. The molecule has 0 aliphatic carbocycles. The Morgan fingerprint density at radius 1 is 0.944 bits per heavy atom. The van der Waals surface area contributed by atoms with Crippen LogP contribution >= 0.6 is 0 Å². The minimum absolute atomic E-state index is 0.0342. The summed E-state index contributed by atoms with van der Waals surface area (Å²) in [5.74, 6) is -3.83. The zero-order valence-electron chi connectivity index (χ0n) is 9.08. The number of primary amides is 1. The molecule has 0 aromatic heterocycles. The molecule has 0 saturated heterocycles. The Morgan fingerprint density at radius 2 is 1.67 bits per heavy atom. The highest BCUT2D eigenvalue weighted by Gasteiger charge is 2.14. The Bertz CT molecular complexity index is 626. The molecule has 0 bridgehead atoms. The fraction of sp³-hybridized carbons (Fsp3) is 0. The molecule has 92 valence electrons. The van der Waals surface area contributed by atoms with E-state index in [4.69, 9.17) is 5.73 Å². The van der Waals surface area contributed by atoms with Gasteiger partial charge in [0, 0.05) is 16.7 Å². The monoisotopic (exact) mass is 251 g/mol. The van der Waals surface area contributed by atoms with Crippen LogP contribution in [0.15, 0.2) is 36.4 Å². The molecule has 0 heterocycles. The van der Waals surface area contributed by atoms with E-state index in [9.17, 15) is 18.0 Å². The molecule has 0 aliphatic rings. The minimum Gasteiger partial charge on any atom is -0.366 e. The smallest absolute Gasteiger partial charge is 0.248 e. The first-order valence-electron chi connectivity index (χ1n) is 5.04. The van der Waals surface area contributed by atoms with Crippen molar-refractivity contribution in [2.45, 2.75) is 0 Å². The van der Waals surface area contributed by atoms with Crippen LogP contribution < -0.4 is 5.73 Å². The van der Waals surface area contributed by atoms with E-state index in [1.807, 2.05) is 0 Å². The van der Waals surface area contributed by atoms with E-state index in [-0.39, 0.29) is 16.7 Å². The van der Waals surface area contributed by atoms with Crippen molar-refractivity contribution in [3.8, 4) is 11.1 Å². The van der Waals surface area contributed by atoms with Crippen LogP contribution in [0.2, 0.25) is 0 Å². The molecule has 1 amide bonds. The van der Waals surface area contributed by atoms with Crippen molar-refractivity contribution < 1.29 is 18.0 Å². The largest absolute Gasteiger partial charge is 0.366 e. The lowest BCUT2D eigenvalue weighted by Gasteiger charge is -2.06. The molecule has 0 aliphatic heterocycles. The maximum absolute atomic E-state index is 13.7. The number of carbonyl (C=O) groups excluding carboxylic acids is 1. The molecular formula is C13H8F3NO. The molecule has 2 N–H and O–H groups in total. The predicted molar refractivity (Wildman–Crippen MR) is 60.3 cm³/mol. The molecule has 2 nitrogen and oxygen atoms in total. The SMILES string of the molecule is NC(=O)c1ccc(-c2cccc(F)c2F)c(F)c1. The number of hydrogen-bond acceptors (Lipinski definition) is 1. The average molecular weight is 251 g/mol. The Morgan fingerprint density at radius 3 is 2.28 bits per heavy atom. The number of halogens is 3. The Kier molecular flexibility index (Phi) is 3.06. The average Bonchev–Trinajstić information content (AvgIpc) is 2.33. The standard InChI is InChI=1S/C13H8F3NO/c14-10-3-1-2-9(12(10)16)8-5-4-7(13(17)18)6-11(8)15/h1-6H,(H2,17,18). The molecule has 0 radical (unpaired) electrons. The molecule has 18 heavy (non-hydrogen) atoms. The topological polar surface area (TPSA) is 43.1 Å². The van der Waals surface area contributed by atoms with Crippen LogP contribution in [0, 0.1) is 17.5 Å². The minimum atomic E-state index is -1.14. The van der Waals surface area contributed by atoms with Gasteiger partial charge in [0.2, 0.25) is 5.91 Å². The number of benzene rings is 2. The molecule has 0 atom stereocenters. The summed E-state index contributed by atoms with van der Waals surface area (Å²) >= 11 is 0. The first-order valence-corrected chi connectivity index (χ1v) is 5.04. The van der Waals surface area contributed by atoms with Gasteiger partial charge in [0.1, 0.15) is 5.82 Å². The summed E-state index contributed by atoms with van der Waals surface area (Å²) in [6.07, 6.45) is 0. The van der Waals surface area contributed by atoms with Gasteiger partial charge < -0.3 is 5.73 Å².